The maximum absolute atomic E-state index is 12.4. The summed E-state index contributed by atoms with van der Waals surface area (Å²) < 4.78 is 1.56. The van der Waals surface area contributed by atoms with Crippen molar-refractivity contribution in [1.29, 1.82) is 0 Å². The molecule has 1 aromatic heterocycles. The van der Waals surface area contributed by atoms with E-state index < -0.39 is 5.91 Å². The number of carbonyl (C=O) groups excluding carboxylic acids is 1. The number of aryl methyl sites for hydroxylation is 1. The highest BCUT2D eigenvalue weighted by atomic mass is 32.2. The molecule has 1 aliphatic rings. The fourth-order valence-corrected chi connectivity index (χ4v) is 3.52. The molecule has 0 spiro atoms. The van der Waals surface area contributed by atoms with Gasteiger partial charge >= 0.3 is 0 Å². The lowest BCUT2D eigenvalue weighted by molar-refractivity contribution is 0.102. The number of nitrogens with one attached hydrogen (secondary N) is 1. The normalized spacial score (nSPS) is 12.8. The third kappa shape index (κ3) is 2.96. The number of benzene rings is 1. The number of carbonyl (C=O) groups is 1. The zero-order valence-electron chi connectivity index (χ0n) is 13.3. The summed E-state index contributed by atoms with van der Waals surface area (Å²) in [6, 6.07) is 5.66. The number of hydrogen-bond donors (Lipinski definition) is 1. The molecule has 1 aliphatic heterocycles. The van der Waals surface area contributed by atoms with Crippen molar-refractivity contribution in [2.45, 2.75) is 18.6 Å². The predicted octanol–water partition coefficient (Wildman–Crippen LogP) is 1.98. The molecule has 0 aliphatic carbocycles. The predicted molar refractivity (Wildman–Crippen MR) is 92.7 cm³/mol. The fraction of sp³-hybridized carbons (Fsp3) is 0.312. The molecule has 120 valence electrons. The molecule has 0 bridgehead atoms. The minimum Gasteiger partial charge on any atom is -0.377 e. The van der Waals surface area contributed by atoms with Gasteiger partial charge in [-0.2, -0.15) is 0 Å². The van der Waals surface area contributed by atoms with Crippen molar-refractivity contribution < 1.29 is 4.79 Å². The van der Waals surface area contributed by atoms with Gasteiger partial charge in [-0.3, -0.25) is 14.2 Å². The Hall–Kier alpha value is -2.28. The van der Waals surface area contributed by atoms with Gasteiger partial charge < -0.3 is 10.2 Å². The van der Waals surface area contributed by atoms with Crippen LogP contribution in [0.2, 0.25) is 0 Å². The molecule has 7 heteroatoms. The number of aromatic nitrogens is 2. The maximum atomic E-state index is 12.4. The van der Waals surface area contributed by atoms with Crippen LogP contribution in [-0.2, 0) is 6.54 Å². The molecule has 0 fully saturated rings. The monoisotopic (exact) mass is 330 g/mol. The average molecular weight is 330 g/mol. The minimum atomic E-state index is -0.424. The van der Waals surface area contributed by atoms with Gasteiger partial charge in [-0.05, 0) is 30.7 Å². The van der Waals surface area contributed by atoms with Gasteiger partial charge in [0.2, 0.25) is 0 Å². The van der Waals surface area contributed by atoms with E-state index in [1.807, 2.05) is 44.1 Å². The van der Waals surface area contributed by atoms with Gasteiger partial charge in [0.05, 0.1) is 0 Å². The van der Waals surface area contributed by atoms with E-state index in [2.05, 4.69) is 10.3 Å². The first-order chi connectivity index (χ1) is 11.0. The summed E-state index contributed by atoms with van der Waals surface area (Å²) in [4.78, 5) is 30.9. The van der Waals surface area contributed by atoms with Gasteiger partial charge in [-0.25, -0.2) is 4.98 Å². The highest BCUT2D eigenvalue weighted by Crippen LogP contribution is 2.23. The summed E-state index contributed by atoms with van der Waals surface area (Å²) >= 11 is 1.53. The van der Waals surface area contributed by atoms with Crippen LogP contribution in [0.1, 0.15) is 15.9 Å². The summed E-state index contributed by atoms with van der Waals surface area (Å²) in [5.74, 6) is 0.394. The van der Waals surface area contributed by atoms with Crippen LogP contribution in [0, 0.1) is 6.92 Å². The molecule has 0 saturated carbocycles. The van der Waals surface area contributed by atoms with E-state index >= 15 is 0 Å². The van der Waals surface area contributed by atoms with Crippen LogP contribution in [0.3, 0.4) is 0 Å². The first-order valence-corrected chi connectivity index (χ1v) is 8.28. The van der Waals surface area contributed by atoms with Gasteiger partial charge in [0.25, 0.3) is 11.5 Å². The minimum absolute atomic E-state index is 0.0746. The third-order valence-electron chi connectivity index (χ3n) is 3.74. The van der Waals surface area contributed by atoms with E-state index in [9.17, 15) is 9.59 Å². The van der Waals surface area contributed by atoms with E-state index in [0.29, 0.717) is 17.4 Å². The number of fused-ring (bicyclic) bond motifs is 1. The van der Waals surface area contributed by atoms with Crippen molar-refractivity contribution in [2.75, 3.05) is 30.1 Å². The Morgan fingerprint density at radius 3 is 2.87 bits per heavy atom. The van der Waals surface area contributed by atoms with E-state index in [4.69, 9.17) is 0 Å². The number of anilines is 2. The van der Waals surface area contributed by atoms with Crippen molar-refractivity contribution in [1.82, 2.24) is 9.55 Å². The van der Waals surface area contributed by atoms with Crippen molar-refractivity contribution in [3.8, 4) is 0 Å². The molecule has 3 rings (SSSR count). The summed E-state index contributed by atoms with van der Waals surface area (Å²) in [7, 11) is 3.94. The smallest absolute Gasteiger partial charge is 0.267 e. The molecule has 2 aromatic rings. The Kier molecular flexibility index (Phi) is 4.12. The molecular formula is C16H18N4O2S. The topological polar surface area (TPSA) is 67.2 Å². The molecule has 23 heavy (non-hydrogen) atoms. The van der Waals surface area contributed by atoms with Crippen molar-refractivity contribution in [2.24, 2.45) is 0 Å². The second-order valence-corrected chi connectivity index (χ2v) is 6.67. The van der Waals surface area contributed by atoms with E-state index in [0.717, 1.165) is 17.0 Å². The molecule has 0 unspecified atom stereocenters. The van der Waals surface area contributed by atoms with Gasteiger partial charge in [0.1, 0.15) is 5.56 Å². The van der Waals surface area contributed by atoms with E-state index in [1.54, 1.807) is 4.57 Å². The molecule has 1 N–H and O–H groups in total. The molecular weight excluding hydrogens is 312 g/mol. The lowest BCUT2D eigenvalue weighted by Gasteiger charge is -2.16. The Labute approximate surface area is 138 Å². The third-order valence-corrected chi connectivity index (χ3v) is 4.71. The number of nitrogens with zero attached hydrogens (tertiary/aromatic N) is 3. The second kappa shape index (κ2) is 6.08. The van der Waals surface area contributed by atoms with Gasteiger partial charge in [0, 0.05) is 44.0 Å². The van der Waals surface area contributed by atoms with Crippen LogP contribution in [0.4, 0.5) is 11.4 Å². The van der Waals surface area contributed by atoms with Crippen LogP contribution in [0.15, 0.2) is 34.3 Å². The zero-order chi connectivity index (χ0) is 16.6. The average Bonchev–Trinajstić information content (AvgIpc) is 2.96. The molecule has 0 atom stereocenters. The lowest BCUT2D eigenvalue weighted by atomic mass is 10.1. The SMILES string of the molecule is Cc1cc(NC(=O)c2cnc3n(c2=O)CCS3)ccc1N(C)C. The van der Waals surface area contributed by atoms with Gasteiger partial charge in [0.15, 0.2) is 5.16 Å². The lowest BCUT2D eigenvalue weighted by Crippen LogP contribution is -2.29. The maximum Gasteiger partial charge on any atom is 0.267 e. The second-order valence-electron chi connectivity index (χ2n) is 5.61. The van der Waals surface area contributed by atoms with Crippen LogP contribution in [0.25, 0.3) is 0 Å². The first-order valence-electron chi connectivity index (χ1n) is 7.29. The molecule has 2 heterocycles. The summed E-state index contributed by atoms with van der Waals surface area (Å²) in [6.45, 7) is 2.58. The molecule has 0 saturated heterocycles. The Morgan fingerprint density at radius 1 is 1.39 bits per heavy atom. The number of thioether (sulfide) groups is 1. The van der Waals surface area contributed by atoms with Gasteiger partial charge in [-0.1, -0.05) is 11.8 Å². The molecule has 1 aromatic carbocycles. The Morgan fingerprint density at radius 2 is 2.17 bits per heavy atom. The summed E-state index contributed by atoms with van der Waals surface area (Å²) in [5.41, 5.74) is 2.59. The van der Waals surface area contributed by atoms with Gasteiger partial charge in [-0.15, -0.1) is 0 Å². The van der Waals surface area contributed by atoms with Crippen molar-refractivity contribution >= 4 is 29.0 Å². The first kappa shape index (κ1) is 15.6. The van der Waals surface area contributed by atoms with Crippen LogP contribution in [0.5, 0.6) is 0 Å². The number of hydrogen-bond acceptors (Lipinski definition) is 5. The highest BCUT2D eigenvalue weighted by molar-refractivity contribution is 7.99. The Balaban J connectivity index is 1.85. The summed E-state index contributed by atoms with van der Waals surface area (Å²) in [6.07, 6.45) is 1.36. The molecule has 1 amide bonds. The van der Waals surface area contributed by atoms with E-state index in [1.165, 1.54) is 18.0 Å². The van der Waals surface area contributed by atoms with Crippen LogP contribution < -0.4 is 15.8 Å². The fourth-order valence-electron chi connectivity index (χ4n) is 2.61. The molecule has 0 radical (unpaired) electrons. The standard InChI is InChI=1S/C16H18N4O2S/c1-10-8-11(4-5-13(10)19(2)3)18-14(21)12-9-17-16-20(15(12)22)6-7-23-16/h4-5,8-9H,6-7H2,1-3H3,(H,18,21). The largest absolute Gasteiger partial charge is 0.377 e. The zero-order valence-corrected chi connectivity index (χ0v) is 14.1. The quantitative estimate of drug-likeness (QED) is 0.872. The highest BCUT2D eigenvalue weighted by Gasteiger charge is 2.20. The summed E-state index contributed by atoms with van der Waals surface area (Å²) in [5, 5.41) is 3.46. The van der Waals surface area contributed by atoms with Crippen molar-refractivity contribution in [3.63, 3.8) is 0 Å². The Bertz CT molecular complexity index is 829. The molecule has 6 nitrogen and oxygen atoms in total. The van der Waals surface area contributed by atoms with Crippen LogP contribution in [-0.4, -0.2) is 35.3 Å². The number of amides is 1. The number of rotatable bonds is 3. The van der Waals surface area contributed by atoms with Crippen molar-refractivity contribution in [3.05, 3.63) is 45.9 Å². The van der Waals surface area contributed by atoms with E-state index in [-0.39, 0.29) is 11.1 Å². The van der Waals surface area contributed by atoms with Crippen LogP contribution >= 0.6 is 11.8 Å².